The van der Waals surface area contributed by atoms with Gasteiger partial charge in [-0.15, -0.1) is 0 Å². The van der Waals surface area contributed by atoms with Crippen LogP contribution in [0.2, 0.25) is 5.02 Å². The Morgan fingerprint density at radius 1 is 1.52 bits per heavy atom. The molecule has 0 aromatic heterocycles. The minimum Gasteiger partial charge on any atom is -0.327 e. The van der Waals surface area contributed by atoms with Crippen LogP contribution in [0.3, 0.4) is 0 Å². The van der Waals surface area contributed by atoms with E-state index in [0.29, 0.717) is 17.6 Å². The molecular weight excluding hydrogens is 286 g/mol. The van der Waals surface area contributed by atoms with Crippen LogP contribution in [-0.2, 0) is 4.79 Å². The molecule has 1 aliphatic heterocycles. The summed E-state index contributed by atoms with van der Waals surface area (Å²) in [6.45, 7) is 5.30. The smallest absolute Gasteiger partial charge is 0.238 e. The maximum Gasteiger partial charge on any atom is 0.238 e. The molecule has 2 unspecified atom stereocenters. The topological polar surface area (TPSA) is 58.4 Å². The van der Waals surface area contributed by atoms with E-state index in [4.69, 9.17) is 17.3 Å². The highest BCUT2D eigenvalue weighted by Gasteiger charge is 2.26. The van der Waals surface area contributed by atoms with Gasteiger partial charge in [-0.3, -0.25) is 9.69 Å². The number of nitrogens with one attached hydrogen (secondary N) is 1. The van der Waals surface area contributed by atoms with Crippen LogP contribution in [0.1, 0.15) is 31.7 Å². The van der Waals surface area contributed by atoms with Crippen LogP contribution in [0.5, 0.6) is 0 Å². The highest BCUT2D eigenvalue weighted by molar-refractivity contribution is 6.30. The van der Waals surface area contributed by atoms with Gasteiger partial charge in [0.2, 0.25) is 5.91 Å². The van der Waals surface area contributed by atoms with Crippen molar-refractivity contribution in [3.8, 4) is 0 Å². The van der Waals surface area contributed by atoms with E-state index < -0.39 is 0 Å². The van der Waals surface area contributed by atoms with Crippen molar-refractivity contribution in [2.75, 3.05) is 18.4 Å². The van der Waals surface area contributed by atoms with Crippen molar-refractivity contribution in [2.45, 2.75) is 45.2 Å². The Kier molecular flexibility index (Phi) is 5.62. The van der Waals surface area contributed by atoms with Gasteiger partial charge in [-0.1, -0.05) is 18.0 Å². The summed E-state index contributed by atoms with van der Waals surface area (Å²) in [4.78, 5) is 14.5. The lowest BCUT2D eigenvalue weighted by Gasteiger charge is -2.37. The number of benzene rings is 1. The first-order valence-corrected chi connectivity index (χ1v) is 7.91. The Hall–Kier alpha value is -1.10. The number of aryl methyl sites for hydroxylation is 1. The van der Waals surface area contributed by atoms with Crippen LogP contribution < -0.4 is 11.1 Å². The molecule has 1 amide bonds. The maximum absolute atomic E-state index is 12.3. The number of nitrogens with zero attached hydrogens (tertiary/aromatic N) is 1. The Balaban J connectivity index is 1.97. The number of likely N-dealkylation sites (tertiary alicyclic amines) is 1. The molecule has 0 saturated carbocycles. The molecule has 1 fully saturated rings. The summed E-state index contributed by atoms with van der Waals surface area (Å²) in [6, 6.07) is 5.87. The van der Waals surface area contributed by atoms with Crippen LogP contribution in [0.15, 0.2) is 18.2 Å². The zero-order chi connectivity index (χ0) is 15.4. The first-order chi connectivity index (χ1) is 9.97. The fourth-order valence-electron chi connectivity index (χ4n) is 2.95. The SMILES string of the molecule is Cc1cc(Cl)ccc1NC(=O)CN1CCCCC1C(C)N. The quantitative estimate of drug-likeness (QED) is 0.899. The predicted molar refractivity (Wildman–Crippen MR) is 87.7 cm³/mol. The third-order valence-corrected chi connectivity index (χ3v) is 4.32. The molecule has 0 aliphatic carbocycles. The summed E-state index contributed by atoms with van der Waals surface area (Å²) < 4.78 is 0. The molecule has 1 aliphatic rings. The van der Waals surface area contributed by atoms with E-state index in [9.17, 15) is 4.79 Å². The van der Waals surface area contributed by atoms with Gasteiger partial charge in [-0.2, -0.15) is 0 Å². The Bertz CT molecular complexity index is 504. The lowest BCUT2D eigenvalue weighted by atomic mass is 9.97. The Labute approximate surface area is 131 Å². The minimum atomic E-state index is 0.00738. The zero-order valence-corrected chi connectivity index (χ0v) is 13.5. The van der Waals surface area contributed by atoms with Gasteiger partial charge < -0.3 is 11.1 Å². The molecule has 2 rings (SSSR count). The summed E-state index contributed by atoms with van der Waals surface area (Å²) in [7, 11) is 0. The van der Waals surface area contributed by atoms with Crippen molar-refractivity contribution < 1.29 is 4.79 Å². The molecule has 21 heavy (non-hydrogen) atoms. The molecule has 1 heterocycles. The number of carbonyl (C=O) groups is 1. The van der Waals surface area contributed by atoms with E-state index in [0.717, 1.165) is 30.6 Å². The van der Waals surface area contributed by atoms with E-state index in [1.54, 1.807) is 6.07 Å². The second-order valence-corrected chi connectivity index (χ2v) is 6.34. The normalized spacial score (nSPS) is 21.0. The lowest BCUT2D eigenvalue weighted by molar-refractivity contribution is -0.118. The molecule has 116 valence electrons. The van der Waals surface area contributed by atoms with Crippen molar-refractivity contribution >= 4 is 23.2 Å². The van der Waals surface area contributed by atoms with Gasteiger partial charge in [-0.25, -0.2) is 0 Å². The van der Waals surface area contributed by atoms with Gasteiger partial charge in [0.25, 0.3) is 0 Å². The molecule has 0 bridgehead atoms. The highest BCUT2D eigenvalue weighted by Crippen LogP contribution is 2.21. The van der Waals surface area contributed by atoms with Crippen LogP contribution in [0.4, 0.5) is 5.69 Å². The van der Waals surface area contributed by atoms with Crippen molar-refractivity contribution in [3.63, 3.8) is 0 Å². The van der Waals surface area contributed by atoms with Gasteiger partial charge >= 0.3 is 0 Å². The second kappa shape index (κ2) is 7.25. The molecule has 1 aromatic carbocycles. The third-order valence-electron chi connectivity index (χ3n) is 4.08. The largest absolute Gasteiger partial charge is 0.327 e. The number of halogens is 1. The zero-order valence-electron chi connectivity index (χ0n) is 12.7. The molecule has 4 nitrogen and oxygen atoms in total. The van der Waals surface area contributed by atoms with Crippen molar-refractivity contribution in [1.82, 2.24) is 4.90 Å². The molecule has 5 heteroatoms. The summed E-state index contributed by atoms with van der Waals surface area (Å²) in [5.41, 5.74) is 7.83. The van der Waals surface area contributed by atoms with Gasteiger partial charge in [0.05, 0.1) is 6.54 Å². The number of hydrogen-bond acceptors (Lipinski definition) is 3. The molecule has 3 N–H and O–H groups in total. The fraction of sp³-hybridized carbons (Fsp3) is 0.562. The number of nitrogens with two attached hydrogens (primary N) is 1. The van der Waals surface area contributed by atoms with Crippen molar-refractivity contribution in [1.29, 1.82) is 0 Å². The van der Waals surface area contributed by atoms with Crippen molar-refractivity contribution in [3.05, 3.63) is 28.8 Å². The summed E-state index contributed by atoms with van der Waals surface area (Å²) in [5.74, 6) is 0.00738. The third kappa shape index (κ3) is 4.43. The number of piperidine rings is 1. The van der Waals surface area contributed by atoms with Crippen LogP contribution in [-0.4, -0.2) is 36.0 Å². The second-order valence-electron chi connectivity index (χ2n) is 5.90. The van der Waals surface area contributed by atoms with Crippen LogP contribution in [0.25, 0.3) is 0 Å². The summed E-state index contributed by atoms with van der Waals surface area (Å²) in [5, 5.41) is 3.64. The molecular formula is C16H24ClN3O. The van der Waals surface area contributed by atoms with Gasteiger partial charge in [0.1, 0.15) is 0 Å². The average Bonchev–Trinajstić information content (AvgIpc) is 2.42. The number of anilines is 1. The summed E-state index contributed by atoms with van der Waals surface area (Å²) in [6.07, 6.45) is 3.40. The Morgan fingerprint density at radius 2 is 2.29 bits per heavy atom. The Morgan fingerprint density at radius 3 is 2.95 bits per heavy atom. The summed E-state index contributed by atoms with van der Waals surface area (Å²) >= 11 is 5.93. The number of carbonyl (C=O) groups excluding carboxylic acids is 1. The average molecular weight is 310 g/mol. The standard InChI is InChI=1S/C16H24ClN3O/c1-11-9-13(17)6-7-14(11)19-16(21)10-20-8-4-3-5-15(20)12(2)18/h6-7,9,12,15H,3-5,8,10,18H2,1-2H3,(H,19,21). The first-order valence-electron chi connectivity index (χ1n) is 7.53. The molecule has 0 radical (unpaired) electrons. The van der Waals surface area contributed by atoms with Gasteiger partial charge in [0, 0.05) is 22.8 Å². The number of hydrogen-bond donors (Lipinski definition) is 2. The van der Waals surface area contributed by atoms with E-state index in [2.05, 4.69) is 10.2 Å². The minimum absolute atomic E-state index is 0.00738. The lowest BCUT2D eigenvalue weighted by Crippen LogP contribution is -2.51. The number of amides is 1. The predicted octanol–water partition coefficient (Wildman–Crippen LogP) is 2.79. The maximum atomic E-state index is 12.3. The molecule has 1 saturated heterocycles. The number of rotatable bonds is 4. The van der Waals surface area contributed by atoms with Crippen molar-refractivity contribution in [2.24, 2.45) is 5.73 Å². The molecule has 1 aromatic rings. The van der Waals surface area contributed by atoms with Gasteiger partial charge in [-0.05, 0) is 57.0 Å². The van der Waals surface area contributed by atoms with Crippen LogP contribution >= 0.6 is 11.6 Å². The van der Waals surface area contributed by atoms with Gasteiger partial charge in [0.15, 0.2) is 0 Å². The first kappa shape index (κ1) is 16.3. The molecule has 2 atom stereocenters. The molecule has 0 spiro atoms. The van der Waals surface area contributed by atoms with E-state index in [-0.39, 0.29) is 11.9 Å². The van der Waals surface area contributed by atoms with E-state index in [1.807, 2.05) is 26.0 Å². The van der Waals surface area contributed by atoms with E-state index in [1.165, 1.54) is 6.42 Å². The monoisotopic (exact) mass is 309 g/mol. The fourth-order valence-corrected chi connectivity index (χ4v) is 3.18. The van der Waals surface area contributed by atoms with Crippen LogP contribution in [0, 0.1) is 6.92 Å². The van der Waals surface area contributed by atoms with E-state index >= 15 is 0 Å². The highest BCUT2D eigenvalue weighted by atomic mass is 35.5.